The Morgan fingerprint density at radius 1 is 1.14 bits per heavy atom. The highest BCUT2D eigenvalue weighted by Gasteiger charge is 2.34. The van der Waals surface area contributed by atoms with Crippen LogP contribution in [-0.2, 0) is 16.1 Å². The van der Waals surface area contributed by atoms with Crippen LogP contribution in [0.3, 0.4) is 0 Å². The second-order valence-electron chi connectivity index (χ2n) is 9.89. The number of benzene rings is 2. The van der Waals surface area contributed by atoms with E-state index in [1.165, 1.54) is 27.9 Å². The number of carbonyl (C=O) groups is 2. The van der Waals surface area contributed by atoms with Crippen molar-refractivity contribution >= 4 is 17.5 Å². The van der Waals surface area contributed by atoms with E-state index >= 15 is 0 Å². The summed E-state index contributed by atoms with van der Waals surface area (Å²) in [5.74, 6) is -0.588. The molecule has 0 bridgehead atoms. The molecule has 4 rings (SSSR count). The number of carbonyl (C=O) groups excluding carboxylic acids is 2. The van der Waals surface area contributed by atoms with Gasteiger partial charge in [0.15, 0.2) is 0 Å². The summed E-state index contributed by atoms with van der Waals surface area (Å²) < 4.78 is 14.2. The molecule has 0 saturated heterocycles. The molecular weight excluding hydrogens is 459 g/mol. The lowest BCUT2D eigenvalue weighted by molar-refractivity contribution is -0.127. The van der Waals surface area contributed by atoms with Gasteiger partial charge in [-0.25, -0.2) is 4.39 Å². The first-order chi connectivity index (χ1) is 17.3. The van der Waals surface area contributed by atoms with E-state index < -0.39 is 17.8 Å². The molecule has 0 spiro atoms. The Kier molecular flexibility index (Phi) is 8.07. The first-order valence-corrected chi connectivity index (χ1v) is 12.5. The zero-order valence-corrected chi connectivity index (χ0v) is 21.0. The van der Waals surface area contributed by atoms with E-state index in [9.17, 15) is 14.0 Å². The Hall–Kier alpha value is -3.62. The summed E-state index contributed by atoms with van der Waals surface area (Å²) in [6, 6.07) is 12.8. The molecule has 1 aliphatic carbocycles. The van der Waals surface area contributed by atoms with Gasteiger partial charge in [-0.15, -0.1) is 10.2 Å². The standard InChI is InChI=1S/C27H33FN6O2/c1-18(2)15-24(27(36)29-22-8-4-5-9-22)34(23-10-6-7-21(28)16-23)25(35)17-33-31-26(30-32-33)20-13-11-19(3)12-14-20/h6-7,10-14,16,18,22,24H,4-5,8-9,15,17H2,1-3H3,(H,29,36)/t24-/m1/s1. The molecule has 1 fully saturated rings. The van der Waals surface area contributed by atoms with Gasteiger partial charge in [0.05, 0.1) is 0 Å². The number of aryl methyl sites for hydroxylation is 1. The Morgan fingerprint density at radius 3 is 2.53 bits per heavy atom. The fourth-order valence-electron chi connectivity index (χ4n) is 4.59. The van der Waals surface area contributed by atoms with Gasteiger partial charge >= 0.3 is 0 Å². The first-order valence-electron chi connectivity index (χ1n) is 12.5. The number of halogens is 1. The molecule has 8 nitrogen and oxygen atoms in total. The van der Waals surface area contributed by atoms with Crippen molar-refractivity contribution in [2.45, 2.75) is 71.5 Å². The van der Waals surface area contributed by atoms with E-state index in [1.54, 1.807) is 6.07 Å². The molecule has 1 N–H and O–H groups in total. The van der Waals surface area contributed by atoms with Gasteiger partial charge in [0, 0.05) is 17.3 Å². The highest BCUT2D eigenvalue weighted by atomic mass is 19.1. The van der Waals surface area contributed by atoms with Crippen molar-refractivity contribution in [1.82, 2.24) is 25.5 Å². The third-order valence-corrected chi connectivity index (χ3v) is 6.40. The van der Waals surface area contributed by atoms with Crippen molar-refractivity contribution in [2.75, 3.05) is 4.90 Å². The van der Waals surface area contributed by atoms with Crippen LogP contribution in [0.2, 0.25) is 0 Å². The number of nitrogens with zero attached hydrogens (tertiary/aromatic N) is 5. The third-order valence-electron chi connectivity index (χ3n) is 6.40. The van der Waals surface area contributed by atoms with E-state index in [2.05, 4.69) is 20.7 Å². The topological polar surface area (TPSA) is 93.0 Å². The first kappa shape index (κ1) is 25.5. The highest BCUT2D eigenvalue weighted by Crippen LogP contribution is 2.25. The Balaban J connectivity index is 1.62. The second-order valence-corrected chi connectivity index (χ2v) is 9.89. The quantitative estimate of drug-likeness (QED) is 0.481. The summed E-state index contributed by atoms with van der Waals surface area (Å²) in [7, 11) is 0. The molecule has 0 radical (unpaired) electrons. The average Bonchev–Trinajstić information content (AvgIpc) is 3.51. The fraction of sp³-hybridized carbons (Fsp3) is 0.444. The molecule has 3 aromatic rings. The zero-order valence-electron chi connectivity index (χ0n) is 21.0. The molecule has 1 heterocycles. The molecule has 1 aromatic heterocycles. The third kappa shape index (κ3) is 6.33. The van der Waals surface area contributed by atoms with Crippen LogP contribution in [0.1, 0.15) is 51.5 Å². The summed E-state index contributed by atoms with van der Waals surface area (Å²) >= 11 is 0. The number of tetrazole rings is 1. The molecule has 190 valence electrons. The van der Waals surface area contributed by atoms with Gasteiger partial charge < -0.3 is 5.32 Å². The molecule has 2 amide bonds. The van der Waals surface area contributed by atoms with Crippen LogP contribution in [0.15, 0.2) is 48.5 Å². The van der Waals surface area contributed by atoms with E-state index in [4.69, 9.17) is 0 Å². The number of hydrogen-bond acceptors (Lipinski definition) is 5. The summed E-state index contributed by atoms with van der Waals surface area (Å²) in [6.07, 6.45) is 4.44. The van der Waals surface area contributed by atoms with Crippen LogP contribution in [0.4, 0.5) is 10.1 Å². The predicted octanol–water partition coefficient (Wildman–Crippen LogP) is 4.29. The van der Waals surface area contributed by atoms with Gasteiger partial charge in [-0.2, -0.15) is 4.80 Å². The molecule has 1 atom stereocenters. The summed E-state index contributed by atoms with van der Waals surface area (Å²) in [6.45, 7) is 5.75. The lowest BCUT2D eigenvalue weighted by atomic mass is 10.00. The number of aromatic nitrogens is 4. The van der Waals surface area contributed by atoms with Crippen LogP contribution in [-0.4, -0.2) is 44.1 Å². The van der Waals surface area contributed by atoms with Gasteiger partial charge in [0.25, 0.3) is 5.91 Å². The van der Waals surface area contributed by atoms with Crippen molar-refractivity contribution in [3.63, 3.8) is 0 Å². The zero-order chi connectivity index (χ0) is 25.7. The van der Waals surface area contributed by atoms with E-state index in [-0.39, 0.29) is 24.4 Å². The Labute approximate surface area is 210 Å². The maximum atomic E-state index is 14.2. The lowest BCUT2D eigenvalue weighted by Crippen LogP contribution is -2.53. The minimum absolute atomic E-state index is 0.102. The normalized spacial score (nSPS) is 14.7. The van der Waals surface area contributed by atoms with Crippen LogP contribution >= 0.6 is 0 Å². The Bertz CT molecular complexity index is 1190. The second kappa shape index (κ2) is 11.4. The highest BCUT2D eigenvalue weighted by molar-refractivity contribution is 6.00. The molecule has 0 unspecified atom stereocenters. The summed E-state index contributed by atoms with van der Waals surface area (Å²) in [5.41, 5.74) is 2.22. The van der Waals surface area contributed by atoms with Gasteiger partial charge in [-0.1, -0.05) is 62.6 Å². The van der Waals surface area contributed by atoms with E-state index in [0.29, 0.717) is 17.9 Å². The maximum Gasteiger partial charge on any atom is 0.251 e. The van der Waals surface area contributed by atoms with Gasteiger partial charge in [-0.3, -0.25) is 14.5 Å². The molecule has 0 aliphatic heterocycles. The Morgan fingerprint density at radius 2 is 1.86 bits per heavy atom. The monoisotopic (exact) mass is 492 g/mol. The molecule has 9 heteroatoms. The van der Waals surface area contributed by atoms with Crippen molar-refractivity contribution in [3.8, 4) is 11.4 Å². The number of anilines is 1. The molecule has 2 aromatic carbocycles. The summed E-state index contributed by atoms with van der Waals surface area (Å²) in [5, 5.41) is 15.6. The number of hydrogen-bond donors (Lipinski definition) is 1. The van der Waals surface area contributed by atoms with Crippen molar-refractivity contribution in [1.29, 1.82) is 0 Å². The van der Waals surface area contributed by atoms with Crippen molar-refractivity contribution in [3.05, 3.63) is 59.9 Å². The fourth-order valence-corrected chi connectivity index (χ4v) is 4.59. The minimum atomic E-state index is -0.792. The predicted molar refractivity (Wildman–Crippen MR) is 136 cm³/mol. The van der Waals surface area contributed by atoms with E-state index in [1.807, 2.05) is 45.0 Å². The number of rotatable bonds is 9. The maximum absolute atomic E-state index is 14.2. The number of amides is 2. The minimum Gasteiger partial charge on any atom is -0.352 e. The van der Waals surface area contributed by atoms with Crippen LogP contribution in [0.25, 0.3) is 11.4 Å². The SMILES string of the molecule is Cc1ccc(-c2nnn(CC(=O)N(c3cccc(F)c3)[C@H](CC(C)C)C(=O)NC3CCCC3)n2)cc1. The van der Waals surface area contributed by atoms with E-state index in [0.717, 1.165) is 36.8 Å². The average molecular weight is 493 g/mol. The molecule has 1 aliphatic rings. The van der Waals surface area contributed by atoms with Crippen molar-refractivity contribution in [2.24, 2.45) is 5.92 Å². The summed E-state index contributed by atoms with van der Waals surface area (Å²) in [4.78, 5) is 29.7. The number of nitrogens with one attached hydrogen (secondary N) is 1. The van der Waals surface area contributed by atoms with Crippen LogP contribution < -0.4 is 10.2 Å². The van der Waals surface area contributed by atoms with Crippen LogP contribution in [0, 0.1) is 18.7 Å². The lowest BCUT2D eigenvalue weighted by Gasteiger charge is -2.33. The van der Waals surface area contributed by atoms with Gasteiger partial charge in [-0.05, 0) is 55.5 Å². The smallest absolute Gasteiger partial charge is 0.251 e. The largest absolute Gasteiger partial charge is 0.352 e. The van der Waals surface area contributed by atoms with Gasteiger partial charge in [0.2, 0.25) is 11.7 Å². The molecule has 36 heavy (non-hydrogen) atoms. The van der Waals surface area contributed by atoms with Crippen molar-refractivity contribution < 1.29 is 14.0 Å². The molecule has 1 saturated carbocycles. The van der Waals surface area contributed by atoms with Crippen LogP contribution in [0.5, 0.6) is 0 Å². The van der Waals surface area contributed by atoms with Gasteiger partial charge in [0.1, 0.15) is 18.4 Å². The molecular formula is C27H33FN6O2.